The van der Waals surface area contributed by atoms with Gasteiger partial charge < -0.3 is 15.3 Å². The van der Waals surface area contributed by atoms with Gasteiger partial charge in [-0.25, -0.2) is 0 Å². The van der Waals surface area contributed by atoms with Gasteiger partial charge in [0.15, 0.2) is 11.6 Å². The predicted octanol–water partition coefficient (Wildman–Crippen LogP) is 4.84. The first kappa shape index (κ1) is 18.6. The van der Waals surface area contributed by atoms with Crippen molar-refractivity contribution in [3.8, 4) is 45.7 Å². The van der Waals surface area contributed by atoms with E-state index < -0.39 is 0 Å². The Kier molecular flexibility index (Phi) is 4.68. The summed E-state index contributed by atoms with van der Waals surface area (Å²) in [6.07, 6.45) is 0. The smallest absolute Gasteiger partial charge is 0.172 e. The van der Waals surface area contributed by atoms with Crippen molar-refractivity contribution in [3.05, 3.63) is 72.3 Å². The summed E-state index contributed by atoms with van der Waals surface area (Å²) in [7, 11) is 0. The highest BCUT2D eigenvalue weighted by Crippen LogP contribution is 2.39. The highest BCUT2D eigenvalue weighted by Gasteiger charge is 2.21. The van der Waals surface area contributed by atoms with E-state index in [0.29, 0.717) is 28.3 Å². The zero-order valence-electron chi connectivity index (χ0n) is 16.1. The van der Waals surface area contributed by atoms with Crippen LogP contribution in [0.25, 0.3) is 28.5 Å². The number of aromatic hydroxyl groups is 3. The standard InChI is InChI=1S/C23H21N3O3/c1-14(2)18-12-19(21(29)13-20(18)28)23-25-24-22(15-7-6-10-17(27)11-15)26(23)16-8-4-3-5-9-16/h3-14,27-29H,1-2H3. The third-order valence-electron chi connectivity index (χ3n) is 4.79. The Labute approximate surface area is 168 Å². The van der Waals surface area contributed by atoms with Gasteiger partial charge >= 0.3 is 0 Å². The van der Waals surface area contributed by atoms with Crippen molar-refractivity contribution < 1.29 is 15.3 Å². The minimum atomic E-state index is -0.0843. The minimum absolute atomic E-state index is 0.0419. The molecule has 0 aliphatic carbocycles. The normalized spacial score (nSPS) is 11.1. The van der Waals surface area contributed by atoms with Gasteiger partial charge in [-0.05, 0) is 41.8 Å². The third-order valence-corrected chi connectivity index (χ3v) is 4.79. The molecule has 4 aromatic rings. The molecule has 0 unspecified atom stereocenters. The van der Waals surface area contributed by atoms with Crippen LogP contribution in [-0.4, -0.2) is 30.1 Å². The Morgan fingerprint density at radius 1 is 0.759 bits per heavy atom. The fraction of sp³-hybridized carbons (Fsp3) is 0.130. The summed E-state index contributed by atoms with van der Waals surface area (Å²) < 4.78 is 1.82. The van der Waals surface area contributed by atoms with Crippen LogP contribution in [0.1, 0.15) is 25.3 Å². The van der Waals surface area contributed by atoms with Crippen LogP contribution in [0.3, 0.4) is 0 Å². The molecule has 0 saturated heterocycles. The zero-order chi connectivity index (χ0) is 20.5. The van der Waals surface area contributed by atoms with E-state index in [4.69, 9.17) is 0 Å². The highest BCUT2D eigenvalue weighted by atomic mass is 16.3. The Morgan fingerprint density at radius 3 is 2.17 bits per heavy atom. The second-order valence-electron chi connectivity index (χ2n) is 7.15. The van der Waals surface area contributed by atoms with Crippen molar-refractivity contribution in [2.45, 2.75) is 19.8 Å². The first-order valence-corrected chi connectivity index (χ1v) is 9.32. The summed E-state index contributed by atoms with van der Waals surface area (Å²) in [6.45, 7) is 3.94. The lowest BCUT2D eigenvalue weighted by atomic mass is 9.98. The molecule has 0 bridgehead atoms. The first-order valence-electron chi connectivity index (χ1n) is 9.32. The molecule has 0 aliphatic heterocycles. The van der Waals surface area contributed by atoms with Gasteiger partial charge in [0.25, 0.3) is 0 Å². The number of nitrogens with zero attached hydrogens (tertiary/aromatic N) is 3. The lowest BCUT2D eigenvalue weighted by Gasteiger charge is -2.15. The van der Waals surface area contributed by atoms with Gasteiger partial charge in [0, 0.05) is 17.3 Å². The Bertz CT molecular complexity index is 1170. The number of phenols is 3. The highest BCUT2D eigenvalue weighted by molar-refractivity contribution is 5.73. The molecule has 29 heavy (non-hydrogen) atoms. The Balaban J connectivity index is 2.00. The number of hydrogen-bond donors (Lipinski definition) is 3. The van der Waals surface area contributed by atoms with Crippen molar-refractivity contribution >= 4 is 0 Å². The zero-order valence-corrected chi connectivity index (χ0v) is 16.1. The second-order valence-corrected chi connectivity index (χ2v) is 7.15. The van der Waals surface area contributed by atoms with Gasteiger partial charge in [0.2, 0.25) is 0 Å². The van der Waals surface area contributed by atoms with Crippen LogP contribution in [0.4, 0.5) is 0 Å². The average molecular weight is 387 g/mol. The maximum absolute atomic E-state index is 10.6. The van der Waals surface area contributed by atoms with Crippen LogP contribution in [0, 0.1) is 0 Å². The molecule has 3 N–H and O–H groups in total. The topological polar surface area (TPSA) is 91.4 Å². The fourth-order valence-electron chi connectivity index (χ4n) is 3.35. The maximum Gasteiger partial charge on any atom is 0.172 e. The Hall–Kier alpha value is -3.80. The number of benzene rings is 3. The maximum atomic E-state index is 10.6. The average Bonchev–Trinajstić information content (AvgIpc) is 3.13. The van der Waals surface area contributed by atoms with Gasteiger partial charge in [-0.3, -0.25) is 4.57 Å². The van der Waals surface area contributed by atoms with Crippen molar-refractivity contribution in [2.75, 3.05) is 0 Å². The molecule has 0 atom stereocenters. The van der Waals surface area contributed by atoms with Crippen molar-refractivity contribution in [3.63, 3.8) is 0 Å². The number of aromatic nitrogens is 3. The molecule has 4 rings (SSSR count). The molecule has 0 aliphatic rings. The molecule has 0 radical (unpaired) electrons. The van der Waals surface area contributed by atoms with Crippen molar-refractivity contribution in [1.29, 1.82) is 0 Å². The quantitative estimate of drug-likeness (QED) is 0.466. The minimum Gasteiger partial charge on any atom is -0.508 e. The predicted molar refractivity (Wildman–Crippen MR) is 111 cm³/mol. The third kappa shape index (κ3) is 3.40. The van der Waals surface area contributed by atoms with Gasteiger partial charge in [-0.15, -0.1) is 10.2 Å². The molecule has 1 aromatic heterocycles. The van der Waals surface area contributed by atoms with E-state index in [1.807, 2.05) is 54.8 Å². The van der Waals surface area contributed by atoms with E-state index in [-0.39, 0.29) is 23.2 Å². The van der Waals surface area contributed by atoms with E-state index >= 15 is 0 Å². The first-order chi connectivity index (χ1) is 14.0. The monoisotopic (exact) mass is 387 g/mol. The number of para-hydroxylation sites is 1. The molecule has 0 spiro atoms. The van der Waals surface area contributed by atoms with E-state index in [2.05, 4.69) is 10.2 Å². The summed E-state index contributed by atoms with van der Waals surface area (Å²) >= 11 is 0. The van der Waals surface area contributed by atoms with Crippen LogP contribution in [0.15, 0.2) is 66.7 Å². The van der Waals surface area contributed by atoms with E-state index in [1.165, 1.54) is 6.07 Å². The molecular weight excluding hydrogens is 366 g/mol. The summed E-state index contributed by atoms with van der Waals surface area (Å²) in [5.41, 5.74) is 2.67. The molecule has 0 amide bonds. The lowest BCUT2D eigenvalue weighted by Crippen LogP contribution is -2.01. The Morgan fingerprint density at radius 2 is 1.48 bits per heavy atom. The number of rotatable bonds is 4. The van der Waals surface area contributed by atoms with Crippen LogP contribution in [-0.2, 0) is 0 Å². The van der Waals surface area contributed by atoms with Gasteiger partial charge in [0.05, 0.1) is 5.56 Å². The molecule has 3 aromatic carbocycles. The molecule has 6 nitrogen and oxygen atoms in total. The summed E-state index contributed by atoms with van der Waals surface area (Å²) in [4.78, 5) is 0. The molecule has 0 saturated carbocycles. The SMILES string of the molecule is CC(C)c1cc(-c2nnc(-c3cccc(O)c3)n2-c2ccccc2)c(O)cc1O. The largest absolute Gasteiger partial charge is 0.508 e. The van der Waals surface area contributed by atoms with E-state index in [1.54, 1.807) is 24.3 Å². The summed E-state index contributed by atoms with van der Waals surface area (Å²) in [5.74, 6) is 1.11. The summed E-state index contributed by atoms with van der Waals surface area (Å²) in [6, 6.07) is 19.4. The lowest BCUT2D eigenvalue weighted by molar-refractivity contribution is 0.444. The van der Waals surface area contributed by atoms with Gasteiger partial charge in [-0.2, -0.15) is 0 Å². The van der Waals surface area contributed by atoms with Crippen molar-refractivity contribution in [1.82, 2.24) is 14.8 Å². The van der Waals surface area contributed by atoms with Gasteiger partial charge in [-0.1, -0.05) is 44.2 Å². The van der Waals surface area contributed by atoms with Crippen LogP contribution < -0.4 is 0 Å². The molecule has 146 valence electrons. The fourth-order valence-corrected chi connectivity index (χ4v) is 3.35. The summed E-state index contributed by atoms with van der Waals surface area (Å²) in [5, 5.41) is 39.4. The molecular formula is C23H21N3O3. The second kappa shape index (κ2) is 7.31. The van der Waals surface area contributed by atoms with Crippen LogP contribution in [0.5, 0.6) is 17.2 Å². The van der Waals surface area contributed by atoms with Gasteiger partial charge in [0.1, 0.15) is 17.2 Å². The molecule has 1 heterocycles. The molecule has 6 heteroatoms. The van der Waals surface area contributed by atoms with Crippen molar-refractivity contribution in [2.24, 2.45) is 0 Å². The number of phenolic OH excluding ortho intramolecular Hbond substituents is 3. The van der Waals surface area contributed by atoms with E-state index in [0.717, 1.165) is 5.69 Å². The van der Waals surface area contributed by atoms with Crippen LogP contribution in [0.2, 0.25) is 0 Å². The number of hydrogen-bond acceptors (Lipinski definition) is 5. The molecule has 0 fully saturated rings. The van der Waals surface area contributed by atoms with E-state index in [9.17, 15) is 15.3 Å². The van der Waals surface area contributed by atoms with Crippen LogP contribution >= 0.6 is 0 Å².